The van der Waals surface area contributed by atoms with Crippen molar-refractivity contribution in [3.63, 3.8) is 0 Å². The molecule has 2 fully saturated rings. The second-order valence-corrected chi connectivity index (χ2v) is 10.2. The maximum absolute atomic E-state index is 14.8. The highest BCUT2D eigenvalue weighted by atomic mass is 19.1. The van der Waals surface area contributed by atoms with Crippen LogP contribution in [-0.2, 0) is 33.6 Å². The van der Waals surface area contributed by atoms with Gasteiger partial charge < -0.3 is 14.9 Å². The minimum atomic E-state index is -1.17. The van der Waals surface area contributed by atoms with Crippen LogP contribution in [0.1, 0.15) is 78.6 Å². The molecule has 1 saturated heterocycles. The predicted octanol–water partition coefficient (Wildman–Crippen LogP) is 4.73. The topological polar surface area (TPSA) is 100.0 Å². The van der Waals surface area contributed by atoms with Gasteiger partial charge in [0.15, 0.2) is 0 Å². The van der Waals surface area contributed by atoms with Crippen molar-refractivity contribution < 1.29 is 28.9 Å². The molecule has 200 valence electrons. The summed E-state index contributed by atoms with van der Waals surface area (Å²) in [6.07, 6.45) is 7.89. The van der Waals surface area contributed by atoms with Crippen LogP contribution in [0.3, 0.4) is 0 Å². The molecule has 2 aliphatic carbocycles. The summed E-state index contributed by atoms with van der Waals surface area (Å²) in [5.41, 5.74) is 5.71. The van der Waals surface area contributed by atoms with E-state index in [1.165, 1.54) is 24.1 Å². The molecule has 2 heterocycles. The average molecular weight is 513 g/mol. The van der Waals surface area contributed by atoms with Crippen molar-refractivity contribution >= 4 is 12.4 Å². The van der Waals surface area contributed by atoms with Crippen molar-refractivity contribution in [2.45, 2.75) is 82.0 Å². The lowest BCUT2D eigenvalue weighted by atomic mass is 9.95. The normalized spacial score (nSPS) is 22.0. The third-order valence-corrected chi connectivity index (χ3v) is 7.53. The van der Waals surface area contributed by atoms with Crippen molar-refractivity contribution in [3.05, 3.63) is 64.5 Å². The summed E-state index contributed by atoms with van der Waals surface area (Å²) in [4.78, 5) is 27.2. The molecule has 3 atom stereocenters. The number of carbonyl (C=O) groups is 2. The highest BCUT2D eigenvalue weighted by Gasteiger charge is 2.42. The Hall–Kier alpha value is -2.84. The van der Waals surface area contributed by atoms with E-state index in [4.69, 9.17) is 19.6 Å². The molecule has 1 aliphatic heterocycles. The maximum Gasteiger partial charge on any atom is 0.325 e. The Morgan fingerprint density at radius 3 is 2.65 bits per heavy atom. The van der Waals surface area contributed by atoms with Gasteiger partial charge in [0.05, 0.1) is 0 Å². The first kappa shape index (κ1) is 27.2. The number of hydrogen-bond donors (Lipinski definition) is 2. The van der Waals surface area contributed by atoms with Crippen molar-refractivity contribution in [1.29, 1.82) is 0 Å². The third kappa shape index (κ3) is 7.14. The van der Waals surface area contributed by atoms with Gasteiger partial charge in [-0.3, -0.25) is 19.5 Å². The van der Waals surface area contributed by atoms with Crippen LogP contribution < -0.4 is 0 Å². The van der Waals surface area contributed by atoms with Crippen LogP contribution in [0, 0.1) is 0 Å². The van der Waals surface area contributed by atoms with E-state index in [1.807, 2.05) is 24.3 Å². The number of carboxylic acid groups (broad SMARTS) is 2. The number of benzene rings is 1. The Kier molecular flexibility index (Phi) is 9.63. The quantitative estimate of drug-likeness (QED) is 0.351. The Morgan fingerprint density at radius 1 is 1.14 bits per heavy atom. The fourth-order valence-corrected chi connectivity index (χ4v) is 5.55. The second kappa shape index (κ2) is 13.1. The lowest BCUT2D eigenvalue weighted by Crippen LogP contribution is -2.34. The standard InChI is InChI=1S/C28H35FN2O3.CH2O2/c29-24-17-31(27(28(32)33)23-10-3-2-9-22(23)19-12-13-19)18-26(24)34-16-6-5-8-21-15-14-20-7-1-4-11-25(20)30-21;2-1-3/h2-3,9-10,14-15,19,24,26-27H,1,4-8,11-13,16-18H2,(H,32,33);1H,(H,2,3)/t24-,26+,27?;/m1./s1. The molecule has 1 aromatic heterocycles. The summed E-state index contributed by atoms with van der Waals surface area (Å²) in [5, 5.41) is 16.9. The summed E-state index contributed by atoms with van der Waals surface area (Å²) in [7, 11) is 0. The van der Waals surface area contributed by atoms with Crippen LogP contribution in [0.5, 0.6) is 0 Å². The molecule has 2 aromatic rings. The Labute approximate surface area is 217 Å². The molecule has 8 heteroatoms. The molecule has 0 radical (unpaired) electrons. The SMILES string of the molecule is O=C(O)C(c1ccccc1C1CC1)N1C[C@@H](F)[C@@H](OCCCCc2ccc3c(n2)CCCC3)C1.O=CO. The Balaban J connectivity index is 0.00000102. The number of carboxylic acids is 1. The number of hydrogen-bond acceptors (Lipinski definition) is 5. The number of aryl methyl sites for hydroxylation is 3. The molecule has 3 aliphatic rings. The Bertz CT molecular complexity index is 1060. The molecule has 1 unspecified atom stereocenters. The summed E-state index contributed by atoms with van der Waals surface area (Å²) in [5.74, 6) is -0.475. The van der Waals surface area contributed by atoms with Crippen molar-refractivity contribution in [2.75, 3.05) is 19.7 Å². The minimum absolute atomic E-state index is 0.0969. The van der Waals surface area contributed by atoms with Crippen LogP contribution >= 0.6 is 0 Å². The summed E-state index contributed by atoms with van der Waals surface area (Å²) in [6.45, 7) is 0.642. The lowest BCUT2D eigenvalue weighted by molar-refractivity contribution is -0.143. The smallest absolute Gasteiger partial charge is 0.325 e. The van der Waals surface area contributed by atoms with E-state index in [9.17, 15) is 14.3 Å². The van der Waals surface area contributed by atoms with Crippen LogP contribution in [0.25, 0.3) is 0 Å². The number of fused-ring (bicyclic) bond motifs is 1. The first-order chi connectivity index (χ1) is 18.0. The fourth-order valence-electron chi connectivity index (χ4n) is 5.55. The van der Waals surface area contributed by atoms with E-state index in [-0.39, 0.29) is 13.0 Å². The summed E-state index contributed by atoms with van der Waals surface area (Å²) < 4.78 is 20.7. The first-order valence-electron chi connectivity index (χ1n) is 13.4. The molecule has 0 spiro atoms. The molecular formula is C29H37FN2O5. The van der Waals surface area contributed by atoms with Gasteiger partial charge >= 0.3 is 5.97 Å². The number of aromatic nitrogens is 1. The van der Waals surface area contributed by atoms with Crippen LogP contribution in [0.15, 0.2) is 36.4 Å². The number of nitrogens with zero attached hydrogens (tertiary/aromatic N) is 2. The Morgan fingerprint density at radius 2 is 1.89 bits per heavy atom. The van der Waals surface area contributed by atoms with Crippen molar-refractivity contribution in [2.24, 2.45) is 0 Å². The van der Waals surface area contributed by atoms with Gasteiger partial charge in [0.1, 0.15) is 18.3 Å². The lowest BCUT2D eigenvalue weighted by Gasteiger charge is -2.26. The van der Waals surface area contributed by atoms with Gasteiger partial charge in [-0.15, -0.1) is 0 Å². The average Bonchev–Trinajstić information content (AvgIpc) is 3.68. The van der Waals surface area contributed by atoms with Crippen LogP contribution in [0.2, 0.25) is 0 Å². The van der Waals surface area contributed by atoms with E-state index in [0.29, 0.717) is 19.1 Å². The monoisotopic (exact) mass is 512 g/mol. The maximum atomic E-state index is 14.8. The third-order valence-electron chi connectivity index (χ3n) is 7.53. The highest BCUT2D eigenvalue weighted by Crippen LogP contribution is 2.44. The zero-order valence-electron chi connectivity index (χ0n) is 21.2. The number of likely N-dealkylation sites (tertiary alicyclic amines) is 1. The summed E-state index contributed by atoms with van der Waals surface area (Å²) in [6, 6.07) is 11.3. The largest absolute Gasteiger partial charge is 0.483 e. The number of alkyl halides is 1. The highest BCUT2D eigenvalue weighted by molar-refractivity contribution is 5.76. The second-order valence-electron chi connectivity index (χ2n) is 10.2. The molecule has 1 aromatic carbocycles. The first-order valence-corrected chi connectivity index (χ1v) is 13.4. The van der Waals surface area contributed by atoms with Crippen LogP contribution in [-0.4, -0.2) is 64.5 Å². The van der Waals surface area contributed by atoms with Gasteiger partial charge in [-0.1, -0.05) is 30.3 Å². The molecule has 1 saturated carbocycles. The number of ether oxygens (including phenoxy) is 1. The van der Waals surface area contributed by atoms with Gasteiger partial charge in [0, 0.05) is 31.1 Å². The zero-order chi connectivity index (χ0) is 26.2. The van der Waals surface area contributed by atoms with Crippen LogP contribution in [0.4, 0.5) is 4.39 Å². The van der Waals surface area contributed by atoms with Gasteiger partial charge in [0.2, 0.25) is 0 Å². The zero-order valence-corrected chi connectivity index (χ0v) is 21.2. The van der Waals surface area contributed by atoms with E-state index < -0.39 is 24.3 Å². The molecule has 0 bridgehead atoms. The molecule has 37 heavy (non-hydrogen) atoms. The number of aliphatic carboxylic acids is 1. The van der Waals surface area contributed by atoms with Gasteiger partial charge in [-0.2, -0.15) is 0 Å². The van der Waals surface area contributed by atoms with E-state index >= 15 is 0 Å². The number of rotatable bonds is 10. The van der Waals surface area contributed by atoms with Crippen molar-refractivity contribution in [1.82, 2.24) is 9.88 Å². The molecular weight excluding hydrogens is 475 g/mol. The fraction of sp³-hybridized carbons (Fsp3) is 0.552. The van der Waals surface area contributed by atoms with E-state index in [2.05, 4.69) is 12.1 Å². The molecule has 7 nitrogen and oxygen atoms in total. The van der Waals surface area contributed by atoms with Gasteiger partial charge in [0.25, 0.3) is 6.47 Å². The molecule has 5 rings (SSSR count). The van der Waals surface area contributed by atoms with Gasteiger partial charge in [-0.05, 0) is 86.5 Å². The molecule has 2 N–H and O–H groups in total. The number of pyridine rings is 1. The van der Waals surface area contributed by atoms with Crippen molar-refractivity contribution in [3.8, 4) is 0 Å². The molecule has 0 amide bonds. The summed E-state index contributed by atoms with van der Waals surface area (Å²) >= 11 is 0. The van der Waals surface area contributed by atoms with Gasteiger partial charge in [-0.25, -0.2) is 4.39 Å². The number of halogens is 1. The number of unbranched alkanes of at least 4 members (excludes halogenated alkanes) is 1. The predicted molar refractivity (Wildman–Crippen MR) is 138 cm³/mol. The van der Waals surface area contributed by atoms with E-state index in [1.54, 1.807) is 4.90 Å². The minimum Gasteiger partial charge on any atom is -0.483 e. The van der Waals surface area contributed by atoms with E-state index in [0.717, 1.165) is 61.8 Å².